The molecule has 1 N–H and O–H groups in total. The maximum absolute atomic E-state index is 12.4. The van der Waals surface area contributed by atoms with E-state index < -0.39 is 0 Å². The van der Waals surface area contributed by atoms with Gasteiger partial charge in [-0.15, -0.1) is 0 Å². The number of benzene rings is 1. The molecule has 0 radical (unpaired) electrons. The monoisotopic (exact) mass is 328 g/mol. The van der Waals surface area contributed by atoms with Crippen LogP contribution < -0.4 is 5.32 Å². The van der Waals surface area contributed by atoms with Crippen molar-refractivity contribution in [3.63, 3.8) is 0 Å². The highest BCUT2D eigenvalue weighted by Gasteiger charge is 2.40. The zero-order valence-electron chi connectivity index (χ0n) is 15.0. The van der Waals surface area contributed by atoms with Crippen LogP contribution in [-0.2, 0) is 9.59 Å². The number of nitrogens with one attached hydrogen (secondary N) is 1. The molecule has 3 atom stereocenters. The lowest BCUT2D eigenvalue weighted by atomic mass is 9.86. The third kappa shape index (κ3) is 3.63. The van der Waals surface area contributed by atoms with Crippen molar-refractivity contribution in [2.24, 2.45) is 17.8 Å². The first kappa shape index (κ1) is 17.0. The largest absolute Gasteiger partial charge is 0.336 e. The Balaban J connectivity index is 1.50. The number of fused-ring (bicyclic) bond motifs is 2. The number of amides is 2. The first-order valence-electron chi connectivity index (χ1n) is 9.04. The summed E-state index contributed by atoms with van der Waals surface area (Å²) in [5, 5.41) is 2.92. The van der Waals surface area contributed by atoms with E-state index in [9.17, 15) is 9.59 Å². The molecule has 0 saturated heterocycles. The van der Waals surface area contributed by atoms with Gasteiger partial charge in [-0.2, -0.15) is 0 Å². The van der Waals surface area contributed by atoms with Gasteiger partial charge in [0.05, 0.1) is 6.54 Å². The molecule has 4 heteroatoms. The molecule has 24 heavy (non-hydrogen) atoms. The van der Waals surface area contributed by atoms with Gasteiger partial charge in [0.1, 0.15) is 0 Å². The van der Waals surface area contributed by atoms with Crippen molar-refractivity contribution in [3.8, 4) is 0 Å². The highest BCUT2D eigenvalue weighted by atomic mass is 16.2. The molecule has 0 spiro atoms. The molecule has 3 rings (SSSR count). The zero-order valence-corrected chi connectivity index (χ0v) is 15.0. The molecule has 0 heterocycles. The summed E-state index contributed by atoms with van der Waals surface area (Å²) in [6, 6.07) is 5.86. The quantitative estimate of drug-likeness (QED) is 0.899. The maximum atomic E-state index is 12.4. The minimum absolute atomic E-state index is 0.101. The van der Waals surface area contributed by atoms with Crippen molar-refractivity contribution in [3.05, 3.63) is 29.3 Å². The zero-order chi connectivity index (χ0) is 17.3. The van der Waals surface area contributed by atoms with Gasteiger partial charge in [-0.1, -0.05) is 18.6 Å². The lowest BCUT2D eigenvalue weighted by Crippen LogP contribution is -2.36. The molecule has 2 aliphatic carbocycles. The van der Waals surface area contributed by atoms with E-state index in [1.165, 1.54) is 25.7 Å². The highest BCUT2D eigenvalue weighted by Crippen LogP contribution is 2.49. The fourth-order valence-electron chi connectivity index (χ4n) is 4.39. The average Bonchev–Trinajstić information content (AvgIpc) is 3.14. The van der Waals surface area contributed by atoms with Crippen molar-refractivity contribution in [1.82, 2.24) is 4.90 Å². The van der Waals surface area contributed by atoms with E-state index in [4.69, 9.17) is 0 Å². The van der Waals surface area contributed by atoms with Crippen LogP contribution in [-0.4, -0.2) is 30.3 Å². The predicted octanol–water partition coefficient (Wildman–Crippen LogP) is 3.53. The number of rotatable bonds is 5. The number of hydrogen-bond donors (Lipinski definition) is 1. The molecular weight excluding hydrogens is 300 g/mol. The smallest absolute Gasteiger partial charge is 0.243 e. The molecule has 4 nitrogen and oxygen atoms in total. The van der Waals surface area contributed by atoms with Gasteiger partial charge in [-0.05, 0) is 68.1 Å². The van der Waals surface area contributed by atoms with Crippen molar-refractivity contribution in [1.29, 1.82) is 0 Å². The fourth-order valence-corrected chi connectivity index (χ4v) is 4.39. The molecule has 1 aromatic rings. The fraction of sp³-hybridized carbons (Fsp3) is 0.600. The van der Waals surface area contributed by atoms with Gasteiger partial charge in [0, 0.05) is 19.2 Å². The molecule has 1 aromatic carbocycles. The maximum Gasteiger partial charge on any atom is 0.243 e. The van der Waals surface area contributed by atoms with Crippen LogP contribution in [0.15, 0.2) is 18.2 Å². The van der Waals surface area contributed by atoms with Crippen molar-refractivity contribution in [2.75, 3.05) is 18.9 Å². The lowest BCUT2D eigenvalue weighted by Gasteiger charge is -2.24. The summed E-state index contributed by atoms with van der Waals surface area (Å²) in [7, 11) is 1.73. The van der Waals surface area contributed by atoms with Crippen molar-refractivity contribution in [2.45, 2.75) is 46.0 Å². The Morgan fingerprint density at radius 3 is 2.67 bits per heavy atom. The lowest BCUT2D eigenvalue weighted by molar-refractivity contribution is -0.134. The van der Waals surface area contributed by atoms with E-state index in [2.05, 4.69) is 5.32 Å². The van der Waals surface area contributed by atoms with Gasteiger partial charge < -0.3 is 10.2 Å². The van der Waals surface area contributed by atoms with Crippen molar-refractivity contribution >= 4 is 17.5 Å². The van der Waals surface area contributed by atoms with E-state index in [0.29, 0.717) is 12.3 Å². The predicted molar refractivity (Wildman–Crippen MR) is 95.7 cm³/mol. The third-order valence-electron chi connectivity index (χ3n) is 6.01. The Hall–Kier alpha value is -1.84. The van der Waals surface area contributed by atoms with Crippen LogP contribution in [0.4, 0.5) is 5.69 Å². The summed E-state index contributed by atoms with van der Waals surface area (Å²) < 4.78 is 0. The molecule has 2 fully saturated rings. The Morgan fingerprint density at radius 1 is 1.21 bits per heavy atom. The minimum atomic E-state index is -0.132. The van der Waals surface area contributed by atoms with E-state index in [-0.39, 0.29) is 18.4 Å². The standard InChI is InChI=1S/C20H28N2O2/c1-13-5-4-6-18(14(13)2)21-19(23)12-22(3)20(24)11-17-10-15-7-8-16(17)9-15/h4-6,15-17H,7-12H2,1-3H3,(H,21,23)/t15-,16+,17+/m0/s1. The number of aryl methyl sites for hydroxylation is 1. The van der Waals surface area contributed by atoms with Crippen LogP contribution in [0.25, 0.3) is 0 Å². The molecule has 0 aliphatic heterocycles. The van der Waals surface area contributed by atoms with Gasteiger partial charge in [0.25, 0.3) is 0 Å². The molecule has 2 saturated carbocycles. The summed E-state index contributed by atoms with van der Waals surface area (Å²) in [4.78, 5) is 26.3. The molecule has 130 valence electrons. The summed E-state index contributed by atoms with van der Waals surface area (Å²) in [6.45, 7) is 4.14. The number of carbonyl (C=O) groups is 2. The van der Waals surface area contributed by atoms with Crippen molar-refractivity contribution < 1.29 is 9.59 Å². The normalized spacial score (nSPS) is 24.9. The summed E-state index contributed by atoms with van der Waals surface area (Å²) in [6.07, 6.45) is 5.77. The van der Waals surface area contributed by atoms with Gasteiger partial charge >= 0.3 is 0 Å². The minimum Gasteiger partial charge on any atom is -0.336 e. The van der Waals surface area contributed by atoms with Crippen LogP contribution in [0.2, 0.25) is 0 Å². The topological polar surface area (TPSA) is 49.4 Å². The van der Waals surface area contributed by atoms with Crippen LogP contribution in [0, 0.1) is 31.6 Å². The average molecular weight is 328 g/mol. The van der Waals surface area contributed by atoms with Gasteiger partial charge in [-0.25, -0.2) is 0 Å². The Morgan fingerprint density at radius 2 is 2.00 bits per heavy atom. The van der Waals surface area contributed by atoms with Crippen LogP contribution in [0.5, 0.6) is 0 Å². The number of hydrogen-bond acceptors (Lipinski definition) is 2. The van der Waals surface area contributed by atoms with Gasteiger partial charge in [0.15, 0.2) is 0 Å². The van der Waals surface area contributed by atoms with Crippen LogP contribution >= 0.6 is 0 Å². The second-order valence-corrected chi connectivity index (χ2v) is 7.68. The number of carbonyl (C=O) groups excluding carboxylic acids is 2. The second-order valence-electron chi connectivity index (χ2n) is 7.68. The molecule has 2 bridgehead atoms. The summed E-state index contributed by atoms with van der Waals surface area (Å²) in [5.41, 5.74) is 3.05. The van der Waals surface area contributed by atoms with E-state index in [0.717, 1.165) is 28.7 Å². The Kier molecular flexibility index (Phi) is 4.93. The van der Waals surface area contributed by atoms with Crippen LogP contribution in [0.3, 0.4) is 0 Å². The highest BCUT2D eigenvalue weighted by molar-refractivity contribution is 5.95. The second kappa shape index (κ2) is 6.96. The van der Waals surface area contributed by atoms with Crippen LogP contribution in [0.1, 0.15) is 43.2 Å². The molecule has 0 unspecified atom stereocenters. The number of nitrogens with zero attached hydrogens (tertiary/aromatic N) is 1. The summed E-state index contributed by atoms with van der Waals surface area (Å²) in [5.74, 6) is 2.11. The van der Waals surface area contributed by atoms with E-state index in [1.807, 2.05) is 32.0 Å². The van der Waals surface area contributed by atoms with Gasteiger partial charge in [0.2, 0.25) is 11.8 Å². The Bertz CT molecular complexity index is 641. The Labute approximate surface area is 144 Å². The number of likely N-dealkylation sites (N-methyl/N-ethyl adjacent to an activating group) is 1. The van der Waals surface area contributed by atoms with Gasteiger partial charge in [-0.3, -0.25) is 9.59 Å². The van der Waals surface area contributed by atoms with E-state index >= 15 is 0 Å². The molecule has 2 aliphatic rings. The first-order chi connectivity index (χ1) is 11.4. The number of anilines is 1. The molecule has 0 aromatic heterocycles. The molecule has 2 amide bonds. The third-order valence-corrected chi connectivity index (χ3v) is 6.01. The van der Waals surface area contributed by atoms with E-state index in [1.54, 1.807) is 11.9 Å². The summed E-state index contributed by atoms with van der Waals surface area (Å²) >= 11 is 0. The first-order valence-corrected chi connectivity index (χ1v) is 9.04. The molecular formula is C20H28N2O2. The SMILES string of the molecule is Cc1cccc(NC(=O)CN(C)C(=O)C[C@H]2C[C@H]3CC[C@@H]2C3)c1C.